The highest BCUT2D eigenvalue weighted by molar-refractivity contribution is 5.33. The van der Waals surface area contributed by atoms with Crippen molar-refractivity contribution in [3.05, 3.63) is 35.4 Å². The number of methoxy groups -OCH3 is 2. The maximum absolute atomic E-state index is 5.70. The molecule has 0 spiro atoms. The lowest BCUT2D eigenvalue weighted by Gasteiger charge is -2.31. The Morgan fingerprint density at radius 1 is 0.889 bits per heavy atom. The summed E-state index contributed by atoms with van der Waals surface area (Å²) in [6.07, 6.45) is 2.08. The lowest BCUT2D eigenvalue weighted by molar-refractivity contribution is -0.106. The van der Waals surface area contributed by atoms with Crippen molar-refractivity contribution in [2.45, 2.75) is 25.0 Å². The highest BCUT2D eigenvalue weighted by Crippen LogP contribution is 2.39. The molecule has 100 valence electrons. The SMILES string of the molecule is COCOC1CCC(OCOC)c2ccccc21. The van der Waals surface area contributed by atoms with E-state index < -0.39 is 0 Å². The number of benzene rings is 1. The summed E-state index contributed by atoms with van der Waals surface area (Å²) in [4.78, 5) is 0. The molecule has 0 fully saturated rings. The van der Waals surface area contributed by atoms with Crippen LogP contribution in [0.2, 0.25) is 0 Å². The van der Waals surface area contributed by atoms with Gasteiger partial charge >= 0.3 is 0 Å². The first-order valence-electron chi connectivity index (χ1n) is 6.16. The molecular formula is C14H20O4. The molecule has 2 rings (SSSR count). The second-order valence-corrected chi connectivity index (χ2v) is 4.33. The highest BCUT2D eigenvalue weighted by Gasteiger charge is 2.27. The third kappa shape index (κ3) is 3.09. The first-order chi connectivity index (χ1) is 8.86. The van der Waals surface area contributed by atoms with Gasteiger partial charge in [0.2, 0.25) is 0 Å². The van der Waals surface area contributed by atoms with Gasteiger partial charge in [0.05, 0.1) is 12.2 Å². The van der Waals surface area contributed by atoms with Gasteiger partial charge in [0.25, 0.3) is 0 Å². The second kappa shape index (κ2) is 6.85. The largest absolute Gasteiger partial charge is 0.359 e. The average Bonchev–Trinajstić information content (AvgIpc) is 2.43. The fourth-order valence-electron chi connectivity index (χ4n) is 2.36. The first kappa shape index (κ1) is 13.5. The molecule has 0 saturated heterocycles. The van der Waals surface area contributed by atoms with Crippen molar-refractivity contribution >= 4 is 0 Å². The molecule has 1 aliphatic rings. The summed E-state index contributed by atoms with van der Waals surface area (Å²) in [6.45, 7) is 0.644. The number of fused-ring (bicyclic) bond motifs is 1. The van der Waals surface area contributed by atoms with Gasteiger partial charge in [-0.1, -0.05) is 24.3 Å². The molecule has 1 aliphatic carbocycles. The molecule has 0 heterocycles. The third-order valence-corrected chi connectivity index (χ3v) is 3.15. The number of hydrogen-bond acceptors (Lipinski definition) is 4. The molecule has 0 N–H and O–H groups in total. The molecule has 0 saturated carbocycles. The van der Waals surface area contributed by atoms with E-state index in [1.54, 1.807) is 14.2 Å². The van der Waals surface area contributed by atoms with Crippen LogP contribution in [-0.2, 0) is 18.9 Å². The van der Waals surface area contributed by atoms with E-state index in [1.807, 2.05) is 12.1 Å². The van der Waals surface area contributed by atoms with Gasteiger partial charge in [0, 0.05) is 14.2 Å². The van der Waals surface area contributed by atoms with Crippen LogP contribution in [0.5, 0.6) is 0 Å². The molecule has 4 nitrogen and oxygen atoms in total. The summed E-state index contributed by atoms with van der Waals surface area (Å²) in [7, 11) is 3.28. The predicted octanol–water partition coefficient (Wildman–Crippen LogP) is 2.80. The number of ether oxygens (including phenoxy) is 4. The van der Waals surface area contributed by atoms with Crippen molar-refractivity contribution in [1.29, 1.82) is 0 Å². The molecule has 2 atom stereocenters. The molecule has 18 heavy (non-hydrogen) atoms. The van der Waals surface area contributed by atoms with Crippen LogP contribution in [0.3, 0.4) is 0 Å². The molecule has 0 aromatic heterocycles. The van der Waals surface area contributed by atoms with E-state index in [-0.39, 0.29) is 12.2 Å². The van der Waals surface area contributed by atoms with Crippen LogP contribution < -0.4 is 0 Å². The third-order valence-electron chi connectivity index (χ3n) is 3.15. The zero-order valence-electron chi connectivity index (χ0n) is 10.9. The van der Waals surface area contributed by atoms with Crippen molar-refractivity contribution in [3.63, 3.8) is 0 Å². The van der Waals surface area contributed by atoms with Gasteiger partial charge in [-0.2, -0.15) is 0 Å². The first-order valence-corrected chi connectivity index (χ1v) is 6.16. The Balaban J connectivity index is 2.12. The van der Waals surface area contributed by atoms with Crippen LogP contribution in [0.25, 0.3) is 0 Å². The van der Waals surface area contributed by atoms with E-state index in [0.717, 1.165) is 12.8 Å². The molecule has 1 aromatic carbocycles. The minimum atomic E-state index is 0.101. The molecule has 4 heteroatoms. The van der Waals surface area contributed by atoms with Gasteiger partial charge in [0.1, 0.15) is 13.6 Å². The summed E-state index contributed by atoms with van der Waals surface area (Å²) in [6, 6.07) is 8.25. The summed E-state index contributed by atoms with van der Waals surface area (Å²) >= 11 is 0. The molecule has 0 radical (unpaired) electrons. The van der Waals surface area contributed by atoms with Crippen molar-refractivity contribution in [2.75, 3.05) is 27.8 Å². The number of hydrogen-bond donors (Lipinski definition) is 0. The van der Waals surface area contributed by atoms with Crippen molar-refractivity contribution in [2.24, 2.45) is 0 Å². The standard InChI is InChI=1S/C14H20O4/c1-15-9-17-13-7-8-14(18-10-16-2)12-6-4-3-5-11(12)13/h3-6,13-14H,7-10H2,1-2H3. The highest BCUT2D eigenvalue weighted by atomic mass is 16.7. The lowest BCUT2D eigenvalue weighted by atomic mass is 9.87. The van der Waals surface area contributed by atoms with E-state index >= 15 is 0 Å². The van der Waals surface area contributed by atoms with Crippen LogP contribution in [0.1, 0.15) is 36.2 Å². The van der Waals surface area contributed by atoms with E-state index in [1.165, 1.54) is 11.1 Å². The Bertz CT molecular complexity index is 332. The van der Waals surface area contributed by atoms with Crippen LogP contribution in [-0.4, -0.2) is 27.8 Å². The maximum atomic E-state index is 5.70. The Labute approximate surface area is 108 Å². The van der Waals surface area contributed by atoms with Crippen molar-refractivity contribution in [1.82, 2.24) is 0 Å². The monoisotopic (exact) mass is 252 g/mol. The summed E-state index contributed by atoms with van der Waals surface area (Å²) in [5.41, 5.74) is 2.39. The molecule has 0 amide bonds. The van der Waals surface area contributed by atoms with Gasteiger partial charge < -0.3 is 18.9 Å². The fourth-order valence-corrected chi connectivity index (χ4v) is 2.36. The van der Waals surface area contributed by atoms with E-state index in [4.69, 9.17) is 18.9 Å². The average molecular weight is 252 g/mol. The minimum Gasteiger partial charge on any atom is -0.359 e. The van der Waals surface area contributed by atoms with Gasteiger partial charge in [-0.05, 0) is 24.0 Å². The maximum Gasteiger partial charge on any atom is 0.147 e. The van der Waals surface area contributed by atoms with E-state index in [9.17, 15) is 0 Å². The topological polar surface area (TPSA) is 36.9 Å². The lowest BCUT2D eigenvalue weighted by Crippen LogP contribution is -2.19. The van der Waals surface area contributed by atoms with Gasteiger partial charge in [-0.3, -0.25) is 0 Å². The molecular weight excluding hydrogens is 232 g/mol. The smallest absolute Gasteiger partial charge is 0.147 e. The normalized spacial score (nSPS) is 22.8. The predicted molar refractivity (Wildman–Crippen MR) is 67.1 cm³/mol. The van der Waals surface area contributed by atoms with Crippen LogP contribution in [0, 0.1) is 0 Å². The fraction of sp³-hybridized carbons (Fsp3) is 0.571. The quantitative estimate of drug-likeness (QED) is 0.729. The Kier molecular flexibility index (Phi) is 5.13. The number of rotatable bonds is 6. The minimum absolute atomic E-state index is 0.101. The zero-order chi connectivity index (χ0) is 12.8. The van der Waals surface area contributed by atoms with Crippen LogP contribution >= 0.6 is 0 Å². The van der Waals surface area contributed by atoms with Crippen LogP contribution in [0.4, 0.5) is 0 Å². The Morgan fingerprint density at radius 2 is 1.33 bits per heavy atom. The van der Waals surface area contributed by atoms with Crippen molar-refractivity contribution in [3.8, 4) is 0 Å². The molecule has 1 aromatic rings. The van der Waals surface area contributed by atoms with E-state index in [0.29, 0.717) is 13.6 Å². The van der Waals surface area contributed by atoms with Crippen LogP contribution in [0.15, 0.2) is 24.3 Å². The second-order valence-electron chi connectivity index (χ2n) is 4.33. The van der Waals surface area contributed by atoms with Gasteiger partial charge in [-0.15, -0.1) is 0 Å². The Hall–Kier alpha value is -0.940. The molecule has 0 aliphatic heterocycles. The summed E-state index contributed by atoms with van der Waals surface area (Å²) in [5, 5.41) is 0. The van der Waals surface area contributed by atoms with Crippen molar-refractivity contribution < 1.29 is 18.9 Å². The van der Waals surface area contributed by atoms with E-state index in [2.05, 4.69) is 12.1 Å². The summed E-state index contributed by atoms with van der Waals surface area (Å²) < 4.78 is 21.4. The Morgan fingerprint density at radius 3 is 1.72 bits per heavy atom. The molecule has 2 unspecified atom stereocenters. The van der Waals surface area contributed by atoms with Gasteiger partial charge in [0.15, 0.2) is 0 Å². The van der Waals surface area contributed by atoms with Gasteiger partial charge in [-0.25, -0.2) is 0 Å². The molecule has 0 bridgehead atoms. The summed E-state index contributed by atoms with van der Waals surface area (Å²) in [5.74, 6) is 0. The zero-order valence-corrected chi connectivity index (χ0v) is 10.9.